The van der Waals surface area contributed by atoms with Crippen molar-refractivity contribution in [2.24, 2.45) is 0 Å². The van der Waals surface area contributed by atoms with Crippen LogP contribution in [0, 0.1) is 0 Å². The zero-order chi connectivity index (χ0) is 18.2. The van der Waals surface area contributed by atoms with Crippen LogP contribution in [-0.2, 0) is 14.3 Å². The maximum Gasteiger partial charge on any atom is 0.327 e. The minimum absolute atomic E-state index is 0.0150. The van der Waals surface area contributed by atoms with Gasteiger partial charge >= 0.3 is 5.97 Å². The SMILES string of the molecule is [2H]C([2H])([2H])OC(=O)[C@H](c1ccccc1Cl)N1CCC2SC(=O)C=C2C1. The lowest BCUT2D eigenvalue weighted by Crippen LogP contribution is -2.42. The highest BCUT2D eigenvalue weighted by Gasteiger charge is 2.37. The summed E-state index contributed by atoms with van der Waals surface area (Å²) in [7, 11) is -2.83. The number of piperidine rings is 1. The van der Waals surface area contributed by atoms with Gasteiger partial charge in [-0.05, 0) is 29.7 Å². The molecule has 1 fully saturated rings. The van der Waals surface area contributed by atoms with Crippen LogP contribution in [0.25, 0.3) is 0 Å². The molecule has 2 aliphatic heterocycles. The van der Waals surface area contributed by atoms with E-state index in [9.17, 15) is 9.59 Å². The van der Waals surface area contributed by atoms with Gasteiger partial charge in [0.15, 0.2) is 0 Å². The van der Waals surface area contributed by atoms with Crippen molar-refractivity contribution < 1.29 is 18.4 Å². The van der Waals surface area contributed by atoms with Crippen molar-refractivity contribution in [3.8, 4) is 0 Å². The molecule has 1 aromatic carbocycles. The third kappa shape index (κ3) is 2.93. The summed E-state index contributed by atoms with van der Waals surface area (Å²) in [5, 5.41) is 0.512. The number of rotatable bonds is 3. The minimum Gasteiger partial charge on any atom is -0.468 e. The molecule has 116 valence electrons. The molecule has 6 heteroatoms. The Morgan fingerprint density at radius 1 is 1.55 bits per heavy atom. The number of likely N-dealkylation sites (tertiary alicyclic amines) is 1. The summed E-state index contributed by atoms with van der Waals surface area (Å²) < 4.78 is 26.3. The number of methoxy groups -OCH3 is 1. The molecule has 1 aromatic rings. The molecule has 0 amide bonds. The first-order chi connectivity index (χ1) is 11.7. The predicted molar refractivity (Wildman–Crippen MR) is 86.9 cm³/mol. The highest BCUT2D eigenvalue weighted by atomic mass is 35.5. The van der Waals surface area contributed by atoms with Crippen molar-refractivity contribution in [3.05, 3.63) is 46.5 Å². The Kier molecular flexibility index (Phi) is 3.56. The Labute approximate surface area is 142 Å². The molecule has 2 heterocycles. The van der Waals surface area contributed by atoms with Crippen LogP contribution in [-0.4, -0.2) is 41.4 Å². The maximum atomic E-state index is 12.6. The highest BCUT2D eigenvalue weighted by Crippen LogP contribution is 2.38. The standard InChI is InChI=1S/C16H16ClNO3S/c1-21-16(20)15(11-4-2-3-5-12(11)17)18-7-6-13-10(9-18)8-14(19)22-13/h2-5,8,13,15H,6-7,9H2,1H3/t13?,15-/m0/s1/i1D3. The Balaban J connectivity index is 1.91. The third-order valence-corrected chi connectivity index (χ3v) is 5.45. The predicted octanol–water partition coefficient (Wildman–Crippen LogP) is 2.83. The van der Waals surface area contributed by atoms with Crippen molar-refractivity contribution >= 4 is 34.4 Å². The molecule has 3 rings (SSSR count). The second-order valence-electron chi connectivity index (χ2n) is 5.25. The highest BCUT2D eigenvalue weighted by molar-refractivity contribution is 8.15. The molecule has 22 heavy (non-hydrogen) atoms. The fourth-order valence-corrected chi connectivity index (χ4v) is 4.18. The molecular weight excluding hydrogens is 322 g/mol. The lowest BCUT2D eigenvalue weighted by Gasteiger charge is -2.36. The van der Waals surface area contributed by atoms with E-state index in [0.717, 1.165) is 5.57 Å². The number of nitrogens with zero attached hydrogens (tertiary/aromatic N) is 1. The van der Waals surface area contributed by atoms with Gasteiger partial charge in [-0.3, -0.25) is 9.69 Å². The number of thioether (sulfide) groups is 1. The second kappa shape index (κ2) is 6.44. The summed E-state index contributed by atoms with van der Waals surface area (Å²) in [4.78, 5) is 26.0. The number of esters is 1. The second-order valence-corrected chi connectivity index (χ2v) is 6.86. The number of carbonyl (C=O) groups excluding carboxylic acids is 2. The van der Waals surface area contributed by atoms with Crippen LogP contribution in [0.2, 0.25) is 5.02 Å². The summed E-state index contributed by atoms with van der Waals surface area (Å²) >= 11 is 7.53. The zero-order valence-electron chi connectivity index (χ0n) is 14.6. The summed E-state index contributed by atoms with van der Waals surface area (Å²) in [6, 6.07) is 5.87. The molecule has 1 saturated heterocycles. The van der Waals surface area contributed by atoms with Crippen LogP contribution in [0.1, 0.15) is 22.1 Å². The van der Waals surface area contributed by atoms with E-state index in [4.69, 9.17) is 15.7 Å². The topological polar surface area (TPSA) is 46.6 Å². The normalized spacial score (nSPS) is 25.5. The Bertz CT molecular complexity index is 738. The van der Waals surface area contributed by atoms with E-state index in [1.807, 2.05) is 4.90 Å². The molecule has 4 nitrogen and oxygen atoms in total. The molecule has 0 aliphatic carbocycles. The lowest BCUT2D eigenvalue weighted by molar-refractivity contribution is -0.147. The summed E-state index contributed by atoms with van der Waals surface area (Å²) in [6.45, 7) is 0.934. The van der Waals surface area contributed by atoms with E-state index in [1.165, 1.54) is 11.8 Å². The summed E-state index contributed by atoms with van der Waals surface area (Å²) in [5.74, 6) is -0.871. The molecule has 0 N–H and O–H groups in total. The van der Waals surface area contributed by atoms with Crippen LogP contribution in [0.3, 0.4) is 0 Å². The Hall–Kier alpha value is -1.30. The molecular formula is C16H16ClNO3S. The number of ether oxygens (including phenoxy) is 1. The van der Waals surface area contributed by atoms with Gasteiger partial charge in [0.1, 0.15) is 6.04 Å². The fraction of sp³-hybridized carbons (Fsp3) is 0.375. The molecule has 0 bridgehead atoms. The molecule has 2 atom stereocenters. The quantitative estimate of drug-likeness (QED) is 0.792. The smallest absolute Gasteiger partial charge is 0.327 e. The van der Waals surface area contributed by atoms with Crippen LogP contribution in [0.5, 0.6) is 0 Å². The number of hydrogen-bond donors (Lipinski definition) is 0. The first kappa shape index (κ1) is 12.2. The van der Waals surface area contributed by atoms with Crippen molar-refractivity contribution in [2.45, 2.75) is 17.7 Å². The van der Waals surface area contributed by atoms with Crippen LogP contribution >= 0.6 is 23.4 Å². The third-order valence-electron chi connectivity index (χ3n) is 3.93. The number of fused-ring (bicyclic) bond motifs is 1. The van der Waals surface area contributed by atoms with Crippen LogP contribution in [0.15, 0.2) is 35.9 Å². The molecule has 0 aromatic heterocycles. The van der Waals surface area contributed by atoms with Gasteiger partial charge in [-0.25, -0.2) is 4.79 Å². The number of halogens is 1. The van der Waals surface area contributed by atoms with E-state index < -0.39 is 19.0 Å². The number of hydrogen-bond acceptors (Lipinski definition) is 5. The van der Waals surface area contributed by atoms with Crippen molar-refractivity contribution in [2.75, 3.05) is 20.1 Å². The fourth-order valence-electron chi connectivity index (χ4n) is 2.93. The first-order valence-electron chi connectivity index (χ1n) is 8.37. The summed E-state index contributed by atoms with van der Waals surface area (Å²) in [6.07, 6.45) is 2.30. The summed E-state index contributed by atoms with van der Waals surface area (Å²) in [5.41, 5.74) is 1.44. The van der Waals surface area contributed by atoms with Gasteiger partial charge < -0.3 is 4.74 Å². The van der Waals surface area contributed by atoms with E-state index in [0.29, 0.717) is 30.1 Å². The van der Waals surface area contributed by atoms with Gasteiger partial charge in [0.2, 0.25) is 5.12 Å². The first-order valence-corrected chi connectivity index (χ1v) is 8.13. The number of carbonyl (C=O) groups is 2. The zero-order valence-corrected chi connectivity index (χ0v) is 13.2. The Morgan fingerprint density at radius 2 is 2.36 bits per heavy atom. The monoisotopic (exact) mass is 340 g/mol. The van der Waals surface area contributed by atoms with Crippen LogP contribution in [0.4, 0.5) is 0 Å². The van der Waals surface area contributed by atoms with Gasteiger partial charge in [-0.1, -0.05) is 41.6 Å². The maximum absolute atomic E-state index is 12.6. The van der Waals surface area contributed by atoms with Gasteiger partial charge in [0.05, 0.1) is 11.2 Å². The average Bonchev–Trinajstić information content (AvgIpc) is 2.87. The van der Waals surface area contributed by atoms with E-state index in [1.54, 1.807) is 30.3 Å². The molecule has 0 radical (unpaired) electrons. The van der Waals surface area contributed by atoms with Gasteiger partial charge in [0.25, 0.3) is 0 Å². The number of benzene rings is 1. The lowest BCUT2D eigenvalue weighted by atomic mass is 9.98. The van der Waals surface area contributed by atoms with E-state index in [-0.39, 0.29) is 10.4 Å². The molecule has 1 unspecified atom stereocenters. The van der Waals surface area contributed by atoms with Crippen molar-refractivity contribution in [3.63, 3.8) is 0 Å². The molecule has 0 saturated carbocycles. The average molecular weight is 341 g/mol. The van der Waals surface area contributed by atoms with Gasteiger partial charge in [-0.15, -0.1) is 0 Å². The van der Waals surface area contributed by atoms with E-state index in [2.05, 4.69) is 4.74 Å². The molecule has 0 spiro atoms. The Morgan fingerprint density at radius 3 is 3.14 bits per heavy atom. The van der Waals surface area contributed by atoms with Crippen LogP contribution < -0.4 is 0 Å². The van der Waals surface area contributed by atoms with Crippen molar-refractivity contribution in [1.82, 2.24) is 4.90 Å². The van der Waals surface area contributed by atoms with Gasteiger partial charge in [0, 0.05) is 23.4 Å². The van der Waals surface area contributed by atoms with Gasteiger partial charge in [-0.2, -0.15) is 0 Å². The van der Waals surface area contributed by atoms with Crippen molar-refractivity contribution in [1.29, 1.82) is 0 Å². The van der Waals surface area contributed by atoms with E-state index >= 15 is 0 Å². The largest absolute Gasteiger partial charge is 0.468 e. The minimum atomic E-state index is -2.83. The molecule has 2 aliphatic rings.